The standard InChI is InChI=1S/C25H17N2O2S.Pt/c28-20-10-4-6-15-11-12-22(26-23(15)20)29-18-8-3-7-17(13-18)25-27-24-19-9-2-1-5-16(19)14-21(24)30-25;/h1-12,21,24,28H,14H2;/q-1;/t21-,24+;/m1./s1/i21D,24D;. The van der Waals surface area contributed by atoms with Gasteiger partial charge < -0.3 is 14.8 Å². The number of phenolic OH excluding ortho intramolecular Hbond substituents is 1. The molecule has 0 saturated heterocycles. The molecule has 6 heteroatoms. The van der Waals surface area contributed by atoms with Gasteiger partial charge in [-0.25, -0.2) is 4.98 Å². The van der Waals surface area contributed by atoms with E-state index in [1.165, 1.54) is 11.8 Å². The van der Waals surface area contributed by atoms with Gasteiger partial charge >= 0.3 is 0 Å². The maximum atomic E-state index is 10.1. The van der Waals surface area contributed by atoms with Crippen LogP contribution >= 0.6 is 11.8 Å². The number of hydrogen-bond donors (Lipinski definition) is 1. The first kappa shape index (κ1) is 18.0. The molecule has 2 atom stereocenters. The number of aliphatic imine (C=N–C) groups is 1. The van der Waals surface area contributed by atoms with Crippen LogP contribution in [0.2, 0.25) is 0 Å². The molecule has 156 valence electrons. The number of aromatic nitrogens is 1. The number of ether oxygens (including phenoxy) is 1. The molecule has 6 rings (SSSR count). The summed E-state index contributed by atoms with van der Waals surface area (Å²) in [4.78, 5) is 9.09. The third kappa shape index (κ3) is 3.66. The van der Waals surface area contributed by atoms with Gasteiger partial charge in [0, 0.05) is 49.9 Å². The van der Waals surface area contributed by atoms with Gasteiger partial charge in [0.2, 0.25) is 5.88 Å². The summed E-state index contributed by atoms with van der Waals surface area (Å²) in [6, 6.07) is 23.8. The van der Waals surface area contributed by atoms with E-state index in [1.807, 2.05) is 48.5 Å². The number of fused-ring (bicyclic) bond motifs is 4. The predicted molar refractivity (Wildman–Crippen MR) is 120 cm³/mol. The number of rotatable bonds is 3. The molecule has 2 heterocycles. The van der Waals surface area contributed by atoms with Gasteiger partial charge in [0.05, 0.1) is 7.39 Å². The minimum Gasteiger partial charge on any atom is -0.506 e. The van der Waals surface area contributed by atoms with Crippen LogP contribution in [0.1, 0.15) is 25.4 Å². The number of thioether (sulfide) groups is 1. The van der Waals surface area contributed by atoms with E-state index in [2.05, 4.69) is 16.0 Å². The molecule has 0 unspecified atom stereocenters. The smallest absolute Gasteiger partial charge is 0.217 e. The van der Waals surface area contributed by atoms with E-state index in [9.17, 15) is 5.11 Å². The maximum absolute atomic E-state index is 10.1. The first-order valence-corrected chi connectivity index (χ1v) is 10.4. The number of benzene rings is 3. The molecule has 2 aliphatic rings. The Balaban J connectivity index is 0.00000228. The van der Waals surface area contributed by atoms with Crippen molar-refractivity contribution in [1.29, 1.82) is 0 Å². The van der Waals surface area contributed by atoms with Crippen molar-refractivity contribution in [2.45, 2.75) is 17.7 Å². The van der Waals surface area contributed by atoms with Gasteiger partial charge in [-0.15, -0.1) is 23.8 Å². The van der Waals surface area contributed by atoms with E-state index in [1.54, 1.807) is 24.3 Å². The van der Waals surface area contributed by atoms with Crippen LogP contribution in [0.4, 0.5) is 0 Å². The molecular formula is C25H17N2O2PtS-. The third-order valence-corrected chi connectivity index (χ3v) is 6.30. The quantitative estimate of drug-likeness (QED) is 0.305. The summed E-state index contributed by atoms with van der Waals surface area (Å²) in [6.07, 6.45) is 0.477. The Morgan fingerprint density at radius 1 is 1.03 bits per heavy atom. The Hall–Kier alpha value is -2.62. The van der Waals surface area contributed by atoms with Crippen molar-refractivity contribution in [1.82, 2.24) is 4.98 Å². The summed E-state index contributed by atoms with van der Waals surface area (Å²) in [5.74, 6) is 0.882. The van der Waals surface area contributed by atoms with Crippen molar-refractivity contribution in [2.24, 2.45) is 4.99 Å². The number of hydrogen-bond acceptors (Lipinski definition) is 5. The van der Waals surface area contributed by atoms with Gasteiger partial charge in [0.15, 0.2) is 0 Å². The summed E-state index contributed by atoms with van der Waals surface area (Å²) < 4.78 is 23.9. The first-order chi connectivity index (χ1) is 15.5. The SMILES string of the molecule is [2H][C@@]12Cc3ccccc3[C@]1([2H])N=C(c1[c-]c(Oc3ccc4cccc(O)c4n3)ccc1)S2.[Pt]. The summed E-state index contributed by atoms with van der Waals surface area (Å²) in [5.41, 5.74) is 2.96. The Morgan fingerprint density at radius 3 is 2.84 bits per heavy atom. The predicted octanol–water partition coefficient (Wildman–Crippen LogP) is 5.69. The monoisotopic (exact) mass is 606 g/mol. The molecule has 1 aliphatic heterocycles. The molecule has 0 saturated carbocycles. The molecule has 0 bridgehead atoms. The Labute approximate surface area is 201 Å². The second kappa shape index (κ2) is 8.14. The van der Waals surface area contributed by atoms with Crippen molar-refractivity contribution in [2.75, 3.05) is 0 Å². The summed E-state index contributed by atoms with van der Waals surface area (Å²) in [5, 5.41) is 10.4. The number of nitrogens with zero attached hydrogens (tertiary/aromatic N) is 2. The third-order valence-electron chi connectivity index (χ3n) is 5.21. The van der Waals surface area contributed by atoms with Gasteiger partial charge in [0.1, 0.15) is 11.3 Å². The molecular weight excluding hydrogens is 587 g/mol. The Morgan fingerprint density at radius 2 is 1.90 bits per heavy atom. The van der Waals surface area contributed by atoms with Crippen LogP contribution in [0.15, 0.2) is 77.8 Å². The Kier molecular flexibility index (Phi) is 4.73. The molecule has 31 heavy (non-hydrogen) atoms. The van der Waals surface area contributed by atoms with Crippen molar-refractivity contribution in [3.8, 4) is 17.4 Å². The van der Waals surface area contributed by atoms with E-state index in [0.717, 1.165) is 16.5 Å². The zero-order valence-corrected chi connectivity index (χ0v) is 19.2. The number of phenols is 1. The summed E-state index contributed by atoms with van der Waals surface area (Å²) >= 11 is 1.30. The second-order valence-electron chi connectivity index (χ2n) is 7.15. The van der Waals surface area contributed by atoms with E-state index in [4.69, 9.17) is 7.48 Å². The molecule has 4 aromatic rings. The molecule has 0 amide bonds. The van der Waals surface area contributed by atoms with E-state index in [-0.39, 0.29) is 26.8 Å². The van der Waals surface area contributed by atoms with Gasteiger partial charge in [0.25, 0.3) is 0 Å². The van der Waals surface area contributed by atoms with Crippen LogP contribution in [0, 0.1) is 6.07 Å². The van der Waals surface area contributed by atoms with Crippen molar-refractivity contribution >= 4 is 27.7 Å². The largest absolute Gasteiger partial charge is 0.506 e. The molecule has 1 aliphatic carbocycles. The molecule has 0 spiro atoms. The van der Waals surface area contributed by atoms with Gasteiger partial charge in [-0.2, -0.15) is 11.8 Å². The number of aromatic hydroxyl groups is 1. The van der Waals surface area contributed by atoms with Crippen molar-refractivity contribution in [3.05, 3.63) is 95.6 Å². The van der Waals surface area contributed by atoms with Crippen LogP contribution in [0.3, 0.4) is 0 Å². The molecule has 0 radical (unpaired) electrons. The molecule has 0 fully saturated rings. The van der Waals surface area contributed by atoms with Gasteiger partial charge in [-0.05, 0) is 29.7 Å². The number of para-hydroxylation sites is 1. The fourth-order valence-electron chi connectivity index (χ4n) is 3.79. The number of pyridine rings is 1. The van der Waals surface area contributed by atoms with Crippen molar-refractivity contribution < 1.29 is 33.7 Å². The van der Waals surface area contributed by atoms with Gasteiger partial charge in [-0.1, -0.05) is 42.5 Å². The fraction of sp³-hybridized carbons (Fsp3) is 0.120. The molecule has 1 N–H and O–H groups in total. The van der Waals surface area contributed by atoms with Crippen LogP contribution in [0.25, 0.3) is 10.9 Å². The van der Waals surface area contributed by atoms with E-state index in [0.29, 0.717) is 34.2 Å². The molecule has 3 aromatic carbocycles. The normalized spacial score (nSPS) is 24.5. The summed E-state index contributed by atoms with van der Waals surface area (Å²) in [7, 11) is 0. The second-order valence-corrected chi connectivity index (χ2v) is 8.24. The van der Waals surface area contributed by atoms with Crippen LogP contribution in [0.5, 0.6) is 17.4 Å². The van der Waals surface area contributed by atoms with E-state index < -0.39 is 11.2 Å². The molecule has 4 nitrogen and oxygen atoms in total. The van der Waals surface area contributed by atoms with E-state index >= 15 is 0 Å². The Bertz CT molecular complexity index is 1430. The summed E-state index contributed by atoms with van der Waals surface area (Å²) in [6.45, 7) is 0. The molecule has 1 aromatic heterocycles. The topological polar surface area (TPSA) is 54.7 Å². The van der Waals surface area contributed by atoms with Crippen LogP contribution < -0.4 is 4.74 Å². The first-order valence-electron chi connectivity index (χ1n) is 10.6. The van der Waals surface area contributed by atoms with Crippen molar-refractivity contribution in [3.63, 3.8) is 0 Å². The zero-order valence-electron chi connectivity index (χ0n) is 18.1. The van der Waals surface area contributed by atoms with Crippen LogP contribution in [-0.2, 0) is 27.5 Å². The minimum atomic E-state index is -1.34. The maximum Gasteiger partial charge on any atom is 0.217 e. The average molecular weight is 607 g/mol. The van der Waals surface area contributed by atoms with Gasteiger partial charge in [-0.3, -0.25) is 0 Å². The average Bonchev–Trinajstić information content (AvgIpc) is 3.17. The minimum absolute atomic E-state index is 0. The fourth-order valence-corrected chi connectivity index (χ4v) is 4.87. The van der Waals surface area contributed by atoms with Crippen LogP contribution in [-0.4, -0.2) is 20.4 Å². The zero-order chi connectivity index (χ0) is 21.9.